The zero-order valence-electron chi connectivity index (χ0n) is 7.37. The molecule has 0 aromatic carbocycles. The predicted molar refractivity (Wildman–Crippen MR) is 46.2 cm³/mol. The van der Waals surface area contributed by atoms with Crippen molar-refractivity contribution in [1.82, 2.24) is 14.9 Å². The van der Waals surface area contributed by atoms with Gasteiger partial charge in [0.15, 0.2) is 6.29 Å². The van der Waals surface area contributed by atoms with E-state index in [1.54, 1.807) is 6.20 Å². The smallest absolute Gasteiger partial charge is 0.167 e. The summed E-state index contributed by atoms with van der Waals surface area (Å²) in [5, 5.41) is 0. The Labute approximate surface area is 71.6 Å². The second-order valence-corrected chi connectivity index (χ2v) is 2.96. The van der Waals surface area contributed by atoms with E-state index in [0.717, 1.165) is 25.1 Å². The highest BCUT2D eigenvalue weighted by atomic mass is 16.1. The summed E-state index contributed by atoms with van der Waals surface area (Å²) in [7, 11) is 4.01. The van der Waals surface area contributed by atoms with Crippen LogP contribution >= 0.6 is 0 Å². The first-order valence-electron chi connectivity index (χ1n) is 3.86. The Bertz CT molecular complexity index is 255. The first-order chi connectivity index (χ1) is 5.72. The maximum Gasteiger partial charge on any atom is 0.167 e. The number of rotatable bonds is 4. The number of hydrogen-bond donors (Lipinski definition) is 1. The van der Waals surface area contributed by atoms with Crippen molar-refractivity contribution in [2.24, 2.45) is 0 Å². The van der Waals surface area contributed by atoms with Gasteiger partial charge in [-0.15, -0.1) is 0 Å². The van der Waals surface area contributed by atoms with Crippen LogP contribution < -0.4 is 0 Å². The number of carbonyl (C=O) groups is 1. The van der Waals surface area contributed by atoms with Crippen LogP contribution in [0.15, 0.2) is 6.20 Å². The minimum absolute atomic E-state index is 0.545. The van der Waals surface area contributed by atoms with Crippen LogP contribution in [0.1, 0.15) is 16.3 Å². The van der Waals surface area contributed by atoms with E-state index in [1.165, 1.54) is 0 Å². The summed E-state index contributed by atoms with van der Waals surface area (Å²) in [5.74, 6) is 0.866. The highest BCUT2D eigenvalue weighted by molar-refractivity contribution is 5.71. The van der Waals surface area contributed by atoms with Crippen molar-refractivity contribution < 1.29 is 4.79 Å². The monoisotopic (exact) mass is 167 g/mol. The third kappa shape index (κ3) is 2.47. The highest BCUT2D eigenvalue weighted by Crippen LogP contribution is 1.95. The lowest BCUT2D eigenvalue weighted by molar-refractivity contribution is 0.111. The third-order valence-corrected chi connectivity index (χ3v) is 1.57. The van der Waals surface area contributed by atoms with E-state index < -0.39 is 0 Å². The predicted octanol–water partition coefficient (Wildman–Crippen LogP) is 0.326. The zero-order valence-corrected chi connectivity index (χ0v) is 7.37. The van der Waals surface area contributed by atoms with Gasteiger partial charge in [-0.3, -0.25) is 4.79 Å². The molecule has 1 rings (SSSR count). The van der Waals surface area contributed by atoms with Gasteiger partial charge in [-0.2, -0.15) is 0 Å². The van der Waals surface area contributed by atoms with Crippen LogP contribution in [0.2, 0.25) is 0 Å². The second-order valence-electron chi connectivity index (χ2n) is 2.96. The van der Waals surface area contributed by atoms with E-state index in [0.29, 0.717) is 5.69 Å². The van der Waals surface area contributed by atoms with E-state index in [1.807, 2.05) is 14.1 Å². The first-order valence-corrected chi connectivity index (χ1v) is 3.86. The molecule has 0 saturated heterocycles. The molecule has 1 aromatic rings. The molecule has 66 valence electrons. The molecule has 0 bridgehead atoms. The fourth-order valence-corrected chi connectivity index (χ4v) is 0.895. The lowest BCUT2D eigenvalue weighted by atomic mass is 10.4. The van der Waals surface area contributed by atoms with Gasteiger partial charge in [0.2, 0.25) is 0 Å². The van der Waals surface area contributed by atoms with Crippen LogP contribution in [0, 0.1) is 0 Å². The largest absolute Gasteiger partial charge is 0.340 e. The number of aromatic amines is 1. The molecule has 4 nitrogen and oxygen atoms in total. The van der Waals surface area contributed by atoms with Crippen molar-refractivity contribution >= 4 is 6.29 Å². The van der Waals surface area contributed by atoms with Gasteiger partial charge in [0.25, 0.3) is 0 Å². The van der Waals surface area contributed by atoms with Gasteiger partial charge in [-0.25, -0.2) is 4.98 Å². The number of carbonyl (C=O) groups excluding carboxylic acids is 1. The van der Waals surface area contributed by atoms with E-state index in [4.69, 9.17) is 0 Å². The summed E-state index contributed by atoms with van der Waals surface area (Å²) in [4.78, 5) is 19.3. The number of likely N-dealkylation sites (N-methyl/N-ethyl adjacent to an activating group) is 1. The topological polar surface area (TPSA) is 49.0 Å². The van der Waals surface area contributed by atoms with Crippen LogP contribution in [-0.4, -0.2) is 41.8 Å². The van der Waals surface area contributed by atoms with Crippen molar-refractivity contribution in [2.75, 3.05) is 20.6 Å². The molecule has 4 heteroatoms. The molecule has 0 radical (unpaired) electrons. The SMILES string of the molecule is CN(C)CCc1ncc(C=O)[nH]1. The van der Waals surface area contributed by atoms with Gasteiger partial charge in [0.1, 0.15) is 5.82 Å². The normalized spacial score (nSPS) is 10.6. The van der Waals surface area contributed by atoms with Gasteiger partial charge >= 0.3 is 0 Å². The van der Waals surface area contributed by atoms with Gasteiger partial charge in [0, 0.05) is 13.0 Å². The Hall–Kier alpha value is -1.16. The van der Waals surface area contributed by atoms with E-state index in [2.05, 4.69) is 14.9 Å². The van der Waals surface area contributed by atoms with E-state index in [9.17, 15) is 4.79 Å². The number of imidazole rings is 1. The Morgan fingerprint density at radius 2 is 2.42 bits per heavy atom. The highest BCUT2D eigenvalue weighted by Gasteiger charge is 1.99. The zero-order chi connectivity index (χ0) is 8.97. The van der Waals surface area contributed by atoms with Crippen LogP contribution in [0.4, 0.5) is 0 Å². The summed E-state index contributed by atoms with van der Waals surface area (Å²) in [6.07, 6.45) is 3.17. The maximum atomic E-state index is 10.3. The number of aldehydes is 1. The molecular formula is C8H13N3O. The Balaban J connectivity index is 2.47. The second kappa shape index (κ2) is 4.01. The number of aromatic nitrogens is 2. The first kappa shape index (κ1) is 8.93. The van der Waals surface area contributed by atoms with Crippen LogP contribution in [0.5, 0.6) is 0 Å². The molecule has 0 unspecified atom stereocenters. The summed E-state index contributed by atoms with van der Waals surface area (Å²) in [6.45, 7) is 0.936. The molecule has 0 spiro atoms. The molecule has 12 heavy (non-hydrogen) atoms. The van der Waals surface area contributed by atoms with Gasteiger partial charge in [0.05, 0.1) is 11.9 Å². The molecule has 0 fully saturated rings. The third-order valence-electron chi connectivity index (χ3n) is 1.57. The molecule has 0 aliphatic carbocycles. The fraction of sp³-hybridized carbons (Fsp3) is 0.500. The average Bonchev–Trinajstić information content (AvgIpc) is 2.48. The van der Waals surface area contributed by atoms with E-state index in [-0.39, 0.29) is 0 Å². The Morgan fingerprint density at radius 3 is 2.92 bits per heavy atom. The molecule has 0 aliphatic heterocycles. The number of nitrogens with one attached hydrogen (secondary N) is 1. The van der Waals surface area contributed by atoms with Gasteiger partial charge in [-0.05, 0) is 14.1 Å². The van der Waals surface area contributed by atoms with Crippen molar-refractivity contribution in [3.8, 4) is 0 Å². The van der Waals surface area contributed by atoms with Crippen molar-refractivity contribution in [1.29, 1.82) is 0 Å². The molecule has 0 saturated carbocycles. The minimum atomic E-state index is 0.545. The molecule has 0 atom stereocenters. The van der Waals surface area contributed by atoms with Crippen molar-refractivity contribution in [2.45, 2.75) is 6.42 Å². The minimum Gasteiger partial charge on any atom is -0.340 e. The van der Waals surface area contributed by atoms with E-state index >= 15 is 0 Å². The lowest BCUT2D eigenvalue weighted by Crippen LogP contribution is -2.15. The number of nitrogens with zero attached hydrogens (tertiary/aromatic N) is 2. The quantitative estimate of drug-likeness (QED) is 0.657. The van der Waals surface area contributed by atoms with Crippen molar-refractivity contribution in [3.63, 3.8) is 0 Å². The summed E-state index contributed by atoms with van der Waals surface area (Å²) in [6, 6.07) is 0. The Morgan fingerprint density at radius 1 is 1.67 bits per heavy atom. The van der Waals surface area contributed by atoms with Crippen LogP contribution in [0.3, 0.4) is 0 Å². The average molecular weight is 167 g/mol. The van der Waals surface area contributed by atoms with Crippen LogP contribution in [0.25, 0.3) is 0 Å². The van der Waals surface area contributed by atoms with Crippen LogP contribution in [-0.2, 0) is 6.42 Å². The molecule has 0 aliphatic rings. The fourth-order valence-electron chi connectivity index (χ4n) is 0.895. The van der Waals surface area contributed by atoms with Gasteiger partial charge < -0.3 is 9.88 Å². The molecular weight excluding hydrogens is 154 g/mol. The lowest BCUT2D eigenvalue weighted by Gasteiger charge is -2.06. The summed E-state index contributed by atoms with van der Waals surface area (Å²) >= 11 is 0. The standard InChI is InChI=1S/C8H13N3O/c1-11(2)4-3-8-9-5-7(6-12)10-8/h5-6H,3-4H2,1-2H3,(H,9,10). The molecule has 0 amide bonds. The Kier molecular flexibility index (Phi) is 2.99. The van der Waals surface area contributed by atoms with Gasteiger partial charge in [-0.1, -0.05) is 0 Å². The molecule has 1 aromatic heterocycles. The number of H-pyrrole nitrogens is 1. The number of hydrogen-bond acceptors (Lipinski definition) is 3. The summed E-state index contributed by atoms with van der Waals surface area (Å²) < 4.78 is 0. The molecule has 1 heterocycles. The molecule has 1 N–H and O–H groups in total. The van der Waals surface area contributed by atoms with Crippen molar-refractivity contribution in [3.05, 3.63) is 17.7 Å². The maximum absolute atomic E-state index is 10.3. The summed E-state index contributed by atoms with van der Waals surface area (Å²) in [5.41, 5.74) is 0.545.